The second-order valence-corrected chi connectivity index (χ2v) is 8.72. The van der Waals surface area contributed by atoms with Crippen LogP contribution >= 0.6 is 11.8 Å². The lowest BCUT2D eigenvalue weighted by Gasteiger charge is -2.29. The van der Waals surface area contributed by atoms with Crippen molar-refractivity contribution >= 4 is 34.2 Å². The van der Waals surface area contributed by atoms with E-state index in [2.05, 4.69) is 15.3 Å². The van der Waals surface area contributed by atoms with E-state index in [4.69, 9.17) is 4.74 Å². The molecule has 2 aliphatic rings. The number of carbonyl (C=O) groups excluding carboxylic acids is 2. The Morgan fingerprint density at radius 3 is 2.70 bits per heavy atom. The highest BCUT2D eigenvalue weighted by Crippen LogP contribution is 2.29. The van der Waals surface area contributed by atoms with Gasteiger partial charge in [-0.1, -0.05) is 18.2 Å². The van der Waals surface area contributed by atoms with Crippen LogP contribution in [0.4, 0.5) is 5.69 Å². The van der Waals surface area contributed by atoms with Crippen molar-refractivity contribution in [3.63, 3.8) is 0 Å². The molecule has 1 aliphatic carbocycles. The number of fused-ring (bicyclic) bond motifs is 1. The summed E-state index contributed by atoms with van der Waals surface area (Å²) in [6, 6.07) is 13.3. The second-order valence-electron chi connectivity index (χ2n) is 7.55. The van der Waals surface area contributed by atoms with Crippen LogP contribution in [0.2, 0.25) is 0 Å². The van der Waals surface area contributed by atoms with E-state index < -0.39 is 0 Å². The number of hydrogen-bond acceptors (Lipinski definition) is 6. The van der Waals surface area contributed by atoms with E-state index in [-0.39, 0.29) is 23.8 Å². The van der Waals surface area contributed by atoms with Gasteiger partial charge in [-0.15, -0.1) is 11.8 Å². The molecule has 1 aliphatic heterocycles. The van der Waals surface area contributed by atoms with Gasteiger partial charge in [0, 0.05) is 36.0 Å². The Morgan fingerprint density at radius 1 is 1.10 bits per heavy atom. The molecular weight excluding hydrogens is 398 g/mol. The number of amides is 1. The summed E-state index contributed by atoms with van der Waals surface area (Å²) in [6.07, 6.45) is 6.28. The first-order valence-electron chi connectivity index (χ1n) is 10.4. The molecule has 1 aromatic carbocycles. The summed E-state index contributed by atoms with van der Waals surface area (Å²) in [5.74, 6) is 1.43. The highest BCUT2D eigenvalue weighted by molar-refractivity contribution is 8.14. The molecule has 4 rings (SSSR count). The van der Waals surface area contributed by atoms with Crippen LogP contribution in [0.25, 0.3) is 0 Å². The quantitative estimate of drug-likeness (QED) is 0.748. The molecule has 0 saturated heterocycles. The summed E-state index contributed by atoms with van der Waals surface area (Å²) in [7, 11) is 0. The van der Waals surface area contributed by atoms with E-state index in [1.165, 1.54) is 11.8 Å². The minimum absolute atomic E-state index is 0.0553. The van der Waals surface area contributed by atoms with Crippen LogP contribution in [-0.4, -0.2) is 39.6 Å². The van der Waals surface area contributed by atoms with Crippen LogP contribution in [0.3, 0.4) is 0 Å². The molecule has 156 valence electrons. The molecule has 0 atom stereocenters. The Labute approximate surface area is 180 Å². The number of carbonyl (C=O) groups is 2. The number of pyridine rings is 1. The lowest BCUT2D eigenvalue weighted by Crippen LogP contribution is -2.39. The average Bonchev–Trinajstić information content (AvgIpc) is 2.76. The van der Waals surface area contributed by atoms with Gasteiger partial charge in [0.15, 0.2) is 5.78 Å². The average molecular weight is 424 g/mol. The van der Waals surface area contributed by atoms with E-state index in [9.17, 15) is 9.59 Å². The number of nitrogens with one attached hydrogen (secondary N) is 1. The molecule has 30 heavy (non-hydrogen) atoms. The van der Waals surface area contributed by atoms with E-state index in [1.54, 1.807) is 6.20 Å². The van der Waals surface area contributed by atoms with Crippen LogP contribution in [0.15, 0.2) is 53.7 Å². The van der Waals surface area contributed by atoms with Crippen LogP contribution in [0, 0.1) is 0 Å². The fourth-order valence-corrected chi connectivity index (χ4v) is 4.69. The number of rotatable bonds is 6. The second kappa shape index (κ2) is 9.89. The van der Waals surface area contributed by atoms with Crippen molar-refractivity contribution in [2.24, 2.45) is 4.99 Å². The first-order valence-corrected chi connectivity index (χ1v) is 11.4. The van der Waals surface area contributed by atoms with Crippen molar-refractivity contribution in [3.8, 4) is 5.88 Å². The summed E-state index contributed by atoms with van der Waals surface area (Å²) >= 11 is 1.50. The van der Waals surface area contributed by atoms with Gasteiger partial charge in [0.2, 0.25) is 11.8 Å². The number of aromatic nitrogens is 1. The third kappa shape index (κ3) is 5.48. The third-order valence-corrected chi connectivity index (χ3v) is 6.30. The Morgan fingerprint density at radius 2 is 1.90 bits per heavy atom. The molecule has 1 aromatic heterocycles. The zero-order chi connectivity index (χ0) is 20.8. The molecule has 2 heterocycles. The molecule has 0 unspecified atom stereocenters. The molecule has 1 N–H and O–H groups in total. The Bertz CT molecular complexity index is 924. The van der Waals surface area contributed by atoms with Crippen molar-refractivity contribution in [1.29, 1.82) is 0 Å². The van der Waals surface area contributed by atoms with Crippen LogP contribution < -0.4 is 10.1 Å². The van der Waals surface area contributed by atoms with Gasteiger partial charge >= 0.3 is 0 Å². The lowest BCUT2D eigenvalue weighted by molar-refractivity contribution is -0.121. The molecule has 6 nitrogen and oxygen atoms in total. The fraction of sp³-hybridized carbons (Fsp3) is 0.391. The van der Waals surface area contributed by atoms with Crippen LogP contribution in [0.1, 0.15) is 48.9 Å². The Balaban J connectivity index is 1.17. The highest BCUT2D eigenvalue weighted by atomic mass is 32.2. The molecule has 1 saturated carbocycles. The largest absolute Gasteiger partial charge is 0.474 e. The number of hydrogen-bond donors (Lipinski definition) is 1. The monoisotopic (exact) mass is 423 g/mol. The van der Waals surface area contributed by atoms with E-state index in [0.717, 1.165) is 36.4 Å². The zero-order valence-electron chi connectivity index (χ0n) is 16.8. The minimum Gasteiger partial charge on any atom is -0.474 e. The normalized spacial score (nSPS) is 20.8. The molecule has 2 aromatic rings. The standard InChI is InChI=1S/C23H25N3O3S/c27-20-15-23(26-19-6-2-1-5-18(19)20)30-14-12-21(28)25-16-8-10-17(11-9-16)29-22-7-3-4-13-24-22/h1-7,13,16-17H,8-12,14-15H2,(H,25,28). The first-order chi connectivity index (χ1) is 14.7. The van der Waals surface area contributed by atoms with Crippen LogP contribution in [0.5, 0.6) is 5.88 Å². The van der Waals surface area contributed by atoms with Crippen LogP contribution in [-0.2, 0) is 4.79 Å². The Kier molecular flexibility index (Phi) is 6.79. The summed E-state index contributed by atoms with van der Waals surface area (Å²) in [5, 5.41) is 3.93. The SMILES string of the molecule is O=C(CCSC1=Nc2ccccc2C(=O)C1)NC1CCC(Oc2ccccn2)CC1. The van der Waals surface area contributed by atoms with E-state index in [0.29, 0.717) is 30.0 Å². The molecule has 0 spiro atoms. The number of para-hydroxylation sites is 1. The summed E-state index contributed by atoms with van der Waals surface area (Å²) in [4.78, 5) is 33.3. The maximum atomic E-state index is 12.3. The summed E-state index contributed by atoms with van der Waals surface area (Å²) < 4.78 is 5.91. The predicted octanol–water partition coefficient (Wildman–Crippen LogP) is 4.33. The number of ketones is 1. The smallest absolute Gasteiger partial charge is 0.221 e. The number of benzene rings is 1. The van der Waals surface area contributed by atoms with Gasteiger partial charge in [0.1, 0.15) is 6.10 Å². The minimum atomic E-state index is 0.0553. The van der Waals surface area contributed by atoms with Gasteiger partial charge in [-0.3, -0.25) is 9.59 Å². The van der Waals surface area contributed by atoms with Crippen molar-refractivity contribution in [1.82, 2.24) is 10.3 Å². The van der Waals surface area contributed by atoms with Gasteiger partial charge in [0.05, 0.1) is 17.2 Å². The lowest BCUT2D eigenvalue weighted by atomic mass is 9.93. The maximum Gasteiger partial charge on any atom is 0.221 e. The van der Waals surface area contributed by atoms with Gasteiger partial charge in [-0.2, -0.15) is 0 Å². The van der Waals surface area contributed by atoms with Crippen molar-refractivity contribution in [2.75, 3.05) is 5.75 Å². The number of nitrogens with zero attached hydrogens (tertiary/aromatic N) is 2. The highest BCUT2D eigenvalue weighted by Gasteiger charge is 2.24. The number of aliphatic imine (C=N–C) groups is 1. The van der Waals surface area contributed by atoms with E-state index >= 15 is 0 Å². The topological polar surface area (TPSA) is 80.7 Å². The molecule has 0 radical (unpaired) electrons. The van der Waals surface area contributed by atoms with Crippen molar-refractivity contribution in [2.45, 2.75) is 50.7 Å². The molecule has 1 fully saturated rings. The molecule has 1 amide bonds. The molecule has 0 bridgehead atoms. The van der Waals surface area contributed by atoms with E-state index in [1.807, 2.05) is 42.5 Å². The van der Waals surface area contributed by atoms with Crippen molar-refractivity contribution in [3.05, 3.63) is 54.2 Å². The Hall–Kier alpha value is -2.67. The summed E-state index contributed by atoms with van der Waals surface area (Å²) in [5.41, 5.74) is 1.41. The number of thioether (sulfide) groups is 1. The van der Waals surface area contributed by atoms with Gasteiger partial charge < -0.3 is 10.1 Å². The third-order valence-electron chi connectivity index (χ3n) is 5.32. The number of Topliss-reactive ketones (excluding diaryl/α,β-unsaturated/α-hetero) is 1. The van der Waals surface area contributed by atoms with Crippen molar-refractivity contribution < 1.29 is 14.3 Å². The molecular formula is C23H25N3O3S. The molecule has 7 heteroatoms. The maximum absolute atomic E-state index is 12.3. The number of ether oxygens (including phenoxy) is 1. The first kappa shape index (κ1) is 20.6. The van der Waals surface area contributed by atoms with Gasteiger partial charge in [-0.25, -0.2) is 9.98 Å². The predicted molar refractivity (Wildman–Crippen MR) is 119 cm³/mol. The summed E-state index contributed by atoms with van der Waals surface area (Å²) in [6.45, 7) is 0. The van der Waals surface area contributed by atoms with Gasteiger partial charge in [0.25, 0.3) is 0 Å². The fourth-order valence-electron chi connectivity index (χ4n) is 3.77. The van der Waals surface area contributed by atoms with Gasteiger partial charge in [-0.05, 0) is 43.9 Å². The zero-order valence-corrected chi connectivity index (χ0v) is 17.6.